The molecule has 182 valence electrons. The van der Waals surface area contributed by atoms with Gasteiger partial charge in [-0.2, -0.15) is 5.26 Å². The third kappa shape index (κ3) is 4.98. The zero-order valence-electron chi connectivity index (χ0n) is 20.5. The second kappa shape index (κ2) is 10.9. The highest BCUT2D eigenvalue weighted by atomic mass is 32.1. The average Bonchev–Trinajstić information content (AvgIpc) is 3.21. The number of para-hydroxylation sites is 1. The largest absolute Gasteiger partial charge is 0.494 e. The number of thiophene rings is 1. The molecule has 1 aliphatic rings. The summed E-state index contributed by atoms with van der Waals surface area (Å²) in [6, 6.07) is 19.7. The van der Waals surface area contributed by atoms with Crippen LogP contribution in [0.4, 0.5) is 5.00 Å². The van der Waals surface area contributed by atoms with Gasteiger partial charge in [0, 0.05) is 15.8 Å². The molecule has 0 aliphatic heterocycles. The summed E-state index contributed by atoms with van der Waals surface area (Å²) in [5.74, 6) is 0.597. The number of benzene rings is 2. The summed E-state index contributed by atoms with van der Waals surface area (Å²) in [6.45, 7) is 2.75. The molecule has 2 aromatic carbocycles. The Morgan fingerprint density at radius 1 is 1.08 bits per heavy atom. The molecule has 0 bridgehead atoms. The van der Waals surface area contributed by atoms with Crippen molar-refractivity contribution in [1.29, 1.82) is 5.26 Å². The highest BCUT2D eigenvalue weighted by Gasteiger charge is 2.22. The van der Waals surface area contributed by atoms with Crippen molar-refractivity contribution in [2.24, 2.45) is 0 Å². The molecule has 5 nitrogen and oxygen atoms in total. The van der Waals surface area contributed by atoms with Gasteiger partial charge in [0.15, 0.2) is 0 Å². The van der Waals surface area contributed by atoms with E-state index in [1.54, 1.807) is 11.3 Å². The Labute approximate surface area is 215 Å². The third-order valence-corrected chi connectivity index (χ3v) is 7.80. The standard InChI is InChI=1S/C30H29N3O2S/c1-2-17-35-21-15-13-20(14-16-21)27-18-24(22-9-7-8-11-26(22)32-27)29(34)33-30-25(19-31)23-10-5-3-4-6-12-28(23)36-30/h7-9,11,13-16,18H,2-6,10,12,17H2,1H3,(H,33,34). The minimum atomic E-state index is -0.219. The van der Waals surface area contributed by atoms with Gasteiger partial charge in [0.25, 0.3) is 5.91 Å². The lowest BCUT2D eigenvalue weighted by Crippen LogP contribution is -2.13. The van der Waals surface area contributed by atoms with E-state index in [0.29, 0.717) is 22.7 Å². The van der Waals surface area contributed by atoms with Gasteiger partial charge in [-0.15, -0.1) is 11.3 Å². The summed E-state index contributed by atoms with van der Waals surface area (Å²) in [7, 11) is 0. The molecule has 0 atom stereocenters. The maximum atomic E-state index is 13.6. The third-order valence-electron chi connectivity index (χ3n) is 6.59. The zero-order valence-corrected chi connectivity index (χ0v) is 21.3. The smallest absolute Gasteiger partial charge is 0.257 e. The van der Waals surface area contributed by atoms with Crippen molar-refractivity contribution in [3.63, 3.8) is 0 Å². The normalized spacial score (nSPS) is 13.3. The van der Waals surface area contributed by atoms with E-state index in [0.717, 1.165) is 65.6 Å². The summed E-state index contributed by atoms with van der Waals surface area (Å²) in [4.78, 5) is 19.7. The zero-order chi connectivity index (χ0) is 24.9. The molecule has 0 saturated carbocycles. The van der Waals surface area contributed by atoms with Crippen LogP contribution in [0.5, 0.6) is 5.75 Å². The van der Waals surface area contributed by atoms with Crippen LogP contribution < -0.4 is 10.1 Å². The van der Waals surface area contributed by atoms with E-state index in [1.165, 1.54) is 17.7 Å². The molecule has 6 heteroatoms. The van der Waals surface area contributed by atoms with Crippen LogP contribution in [-0.2, 0) is 12.8 Å². The molecular weight excluding hydrogens is 466 g/mol. The van der Waals surface area contributed by atoms with Gasteiger partial charge in [0.05, 0.1) is 28.9 Å². The summed E-state index contributed by atoms with van der Waals surface area (Å²) in [5, 5.41) is 14.5. The molecule has 5 rings (SSSR count). The van der Waals surface area contributed by atoms with E-state index in [4.69, 9.17) is 9.72 Å². The Morgan fingerprint density at radius 2 is 1.86 bits per heavy atom. The highest BCUT2D eigenvalue weighted by molar-refractivity contribution is 7.16. The van der Waals surface area contributed by atoms with E-state index in [-0.39, 0.29) is 5.91 Å². The fourth-order valence-corrected chi connectivity index (χ4v) is 5.98. The monoisotopic (exact) mass is 495 g/mol. The Morgan fingerprint density at radius 3 is 2.64 bits per heavy atom. The van der Waals surface area contributed by atoms with Crippen molar-refractivity contribution in [2.75, 3.05) is 11.9 Å². The van der Waals surface area contributed by atoms with Crippen molar-refractivity contribution >= 4 is 33.1 Å². The van der Waals surface area contributed by atoms with Crippen LogP contribution in [0.1, 0.15) is 65.4 Å². The number of ether oxygens (including phenoxy) is 1. The quantitative estimate of drug-likeness (QED) is 0.300. The minimum absolute atomic E-state index is 0.219. The van der Waals surface area contributed by atoms with Crippen molar-refractivity contribution in [3.8, 4) is 23.1 Å². The molecule has 1 N–H and O–H groups in total. The predicted octanol–water partition coefficient (Wildman–Crippen LogP) is 7.54. The lowest BCUT2D eigenvalue weighted by Gasteiger charge is -2.11. The van der Waals surface area contributed by atoms with Crippen LogP contribution in [0, 0.1) is 11.3 Å². The van der Waals surface area contributed by atoms with Gasteiger partial charge in [0.2, 0.25) is 0 Å². The highest BCUT2D eigenvalue weighted by Crippen LogP contribution is 2.37. The van der Waals surface area contributed by atoms with Crippen molar-refractivity contribution < 1.29 is 9.53 Å². The summed E-state index contributed by atoms with van der Waals surface area (Å²) in [6.07, 6.45) is 7.47. The van der Waals surface area contributed by atoms with Crippen LogP contribution >= 0.6 is 11.3 Å². The Bertz CT molecular complexity index is 1430. The number of carbonyl (C=O) groups is 1. The molecule has 0 radical (unpaired) electrons. The Hall–Kier alpha value is -3.69. The molecule has 1 amide bonds. The van der Waals surface area contributed by atoms with Crippen LogP contribution in [-0.4, -0.2) is 17.5 Å². The first-order valence-electron chi connectivity index (χ1n) is 12.7. The van der Waals surface area contributed by atoms with E-state index in [2.05, 4.69) is 18.3 Å². The molecule has 2 heterocycles. The topological polar surface area (TPSA) is 75.0 Å². The first-order chi connectivity index (χ1) is 17.7. The number of nitrogens with zero attached hydrogens (tertiary/aromatic N) is 2. The number of nitriles is 1. The lowest BCUT2D eigenvalue weighted by atomic mass is 9.97. The number of anilines is 1. The molecule has 36 heavy (non-hydrogen) atoms. The molecule has 2 aromatic heterocycles. The molecule has 0 saturated heterocycles. The maximum Gasteiger partial charge on any atom is 0.257 e. The second-order valence-electron chi connectivity index (χ2n) is 9.13. The van der Waals surface area contributed by atoms with Gasteiger partial charge in [-0.05, 0) is 74.1 Å². The van der Waals surface area contributed by atoms with Crippen LogP contribution in [0.25, 0.3) is 22.2 Å². The van der Waals surface area contributed by atoms with E-state index in [9.17, 15) is 10.1 Å². The van der Waals surface area contributed by atoms with Crippen LogP contribution in [0.2, 0.25) is 0 Å². The van der Waals surface area contributed by atoms with Crippen LogP contribution in [0.3, 0.4) is 0 Å². The molecule has 0 fully saturated rings. The van der Waals surface area contributed by atoms with E-state index >= 15 is 0 Å². The number of nitrogens with one attached hydrogen (secondary N) is 1. The summed E-state index contributed by atoms with van der Waals surface area (Å²) >= 11 is 1.56. The number of amides is 1. The first-order valence-corrected chi connectivity index (χ1v) is 13.5. The maximum absolute atomic E-state index is 13.6. The first kappa shape index (κ1) is 24.0. The molecular formula is C30H29N3O2S. The van der Waals surface area contributed by atoms with Gasteiger partial charge in [-0.25, -0.2) is 4.98 Å². The SMILES string of the molecule is CCCOc1ccc(-c2cc(C(=O)Nc3sc4c(c3C#N)CCCCCC4)c3ccccc3n2)cc1. The van der Waals surface area contributed by atoms with E-state index < -0.39 is 0 Å². The molecule has 0 unspecified atom stereocenters. The number of aromatic nitrogens is 1. The minimum Gasteiger partial charge on any atom is -0.494 e. The summed E-state index contributed by atoms with van der Waals surface area (Å²) < 4.78 is 5.71. The Balaban J connectivity index is 1.50. The number of hydrogen-bond donors (Lipinski definition) is 1. The van der Waals surface area contributed by atoms with Gasteiger partial charge < -0.3 is 10.1 Å². The number of rotatable bonds is 6. The number of hydrogen-bond acceptors (Lipinski definition) is 5. The number of carbonyl (C=O) groups excluding carboxylic acids is 1. The van der Waals surface area contributed by atoms with Crippen LogP contribution in [0.15, 0.2) is 54.6 Å². The van der Waals surface area contributed by atoms with Gasteiger partial charge >= 0.3 is 0 Å². The fraction of sp³-hybridized carbons (Fsp3) is 0.300. The predicted molar refractivity (Wildman–Crippen MR) is 146 cm³/mol. The average molecular weight is 496 g/mol. The molecule has 4 aromatic rings. The van der Waals surface area contributed by atoms with Gasteiger partial charge in [-0.3, -0.25) is 4.79 Å². The number of aryl methyl sites for hydroxylation is 1. The second-order valence-corrected chi connectivity index (χ2v) is 10.2. The molecule has 0 spiro atoms. The number of pyridine rings is 1. The van der Waals surface area contributed by atoms with E-state index in [1.807, 2.05) is 54.6 Å². The van der Waals surface area contributed by atoms with Crippen molar-refractivity contribution in [1.82, 2.24) is 4.98 Å². The summed E-state index contributed by atoms with van der Waals surface area (Å²) in [5.41, 5.74) is 4.70. The molecule has 1 aliphatic carbocycles. The lowest BCUT2D eigenvalue weighted by molar-refractivity contribution is 0.102. The van der Waals surface area contributed by atoms with Crippen molar-refractivity contribution in [3.05, 3.63) is 76.2 Å². The van der Waals surface area contributed by atoms with Gasteiger partial charge in [0.1, 0.15) is 16.8 Å². The van der Waals surface area contributed by atoms with Gasteiger partial charge in [-0.1, -0.05) is 38.0 Å². The number of fused-ring (bicyclic) bond motifs is 2. The van der Waals surface area contributed by atoms with Crippen molar-refractivity contribution in [2.45, 2.75) is 51.9 Å². The fourth-order valence-electron chi connectivity index (χ4n) is 4.75. The Kier molecular flexibility index (Phi) is 7.29.